The summed E-state index contributed by atoms with van der Waals surface area (Å²) in [6.45, 7) is 4.05. The van der Waals surface area contributed by atoms with E-state index in [0.717, 1.165) is 17.0 Å². The van der Waals surface area contributed by atoms with Crippen LogP contribution in [0, 0.1) is 0 Å². The zero-order valence-electron chi connectivity index (χ0n) is 13.0. The fourth-order valence-corrected chi connectivity index (χ4v) is 2.92. The Kier molecular flexibility index (Phi) is 3.75. The summed E-state index contributed by atoms with van der Waals surface area (Å²) in [5.74, 6) is 0.818. The molecule has 0 radical (unpaired) electrons. The fraction of sp³-hybridized carbons (Fsp3) is 0.278. The monoisotopic (exact) mass is 296 g/mol. The second-order valence-corrected chi connectivity index (χ2v) is 5.64. The minimum atomic E-state index is -0.237. The number of amides is 1. The van der Waals surface area contributed by atoms with Crippen molar-refractivity contribution in [3.8, 4) is 5.75 Å². The maximum atomic E-state index is 12.9. The number of ether oxygens (including phenoxy) is 1. The Morgan fingerprint density at radius 2 is 1.77 bits per heavy atom. The number of nitrogens with zero attached hydrogens (tertiary/aromatic N) is 1. The van der Waals surface area contributed by atoms with Gasteiger partial charge in [-0.25, -0.2) is 0 Å². The second-order valence-electron chi connectivity index (χ2n) is 5.64. The van der Waals surface area contributed by atoms with E-state index in [4.69, 9.17) is 4.74 Å². The molecule has 1 aliphatic rings. The summed E-state index contributed by atoms with van der Waals surface area (Å²) in [4.78, 5) is 14.7. The van der Waals surface area contributed by atoms with Gasteiger partial charge in [0.05, 0.1) is 12.7 Å². The SMILES string of the molecule is COc1ccccc1C1Nc2ccccc2C(=O)N1C(C)C. The van der Waals surface area contributed by atoms with Crippen LogP contribution in [0.15, 0.2) is 48.5 Å². The Labute approximate surface area is 130 Å². The summed E-state index contributed by atoms with van der Waals surface area (Å²) in [7, 11) is 1.65. The van der Waals surface area contributed by atoms with E-state index in [-0.39, 0.29) is 18.1 Å². The first kappa shape index (κ1) is 14.4. The van der Waals surface area contributed by atoms with Gasteiger partial charge in [0.25, 0.3) is 5.91 Å². The summed E-state index contributed by atoms with van der Waals surface area (Å²) in [5.41, 5.74) is 2.53. The van der Waals surface area contributed by atoms with Crippen molar-refractivity contribution in [2.45, 2.75) is 26.1 Å². The molecule has 3 rings (SSSR count). The van der Waals surface area contributed by atoms with E-state index < -0.39 is 0 Å². The minimum Gasteiger partial charge on any atom is -0.496 e. The van der Waals surface area contributed by atoms with Crippen LogP contribution in [-0.2, 0) is 0 Å². The maximum absolute atomic E-state index is 12.9. The number of fused-ring (bicyclic) bond motifs is 1. The van der Waals surface area contributed by atoms with Crippen LogP contribution in [0.4, 0.5) is 5.69 Å². The molecular formula is C18H20N2O2. The van der Waals surface area contributed by atoms with E-state index in [1.54, 1.807) is 7.11 Å². The first-order chi connectivity index (χ1) is 10.6. The van der Waals surface area contributed by atoms with Gasteiger partial charge in [-0.3, -0.25) is 4.79 Å². The number of carbonyl (C=O) groups excluding carboxylic acids is 1. The number of anilines is 1. The third-order valence-electron chi connectivity index (χ3n) is 3.95. The van der Waals surface area contributed by atoms with Gasteiger partial charge < -0.3 is 15.0 Å². The average molecular weight is 296 g/mol. The quantitative estimate of drug-likeness (QED) is 0.939. The van der Waals surface area contributed by atoms with Crippen LogP contribution in [-0.4, -0.2) is 24.0 Å². The molecule has 0 saturated carbocycles. The van der Waals surface area contributed by atoms with Gasteiger partial charge in [0.2, 0.25) is 0 Å². The summed E-state index contributed by atoms with van der Waals surface area (Å²) in [5, 5.41) is 3.47. The van der Waals surface area contributed by atoms with E-state index in [0.29, 0.717) is 5.56 Å². The lowest BCUT2D eigenvalue weighted by Gasteiger charge is -2.41. The molecule has 2 aromatic carbocycles. The van der Waals surface area contributed by atoms with Crippen molar-refractivity contribution in [3.63, 3.8) is 0 Å². The van der Waals surface area contributed by atoms with Crippen LogP contribution in [0.3, 0.4) is 0 Å². The molecule has 1 aliphatic heterocycles. The van der Waals surface area contributed by atoms with Crippen molar-refractivity contribution in [3.05, 3.63) is 59.7 Å². The number of methoxy groups -OCH3 is 1. The summed E-state index contributed by atoms with van der Waals surface area (Å²) < 4.78 is 5.47. The Morgan fingerprint density at radius 3 is 2.50 bits per heavy atom. The number of benzene rings is 2. The predicted molar refractivity (Wildman–Crippen MR) is 87.1 cm³/mol. The molecule has 1 atom stereocenters. The first-order valence-electron chi connectivity index (χ1n) is 7.44. The lowest BCUT2D eigenvalue weighted by molar-refractivity contribution is 0.0614. The molecule has 4 heteroatoms. The summed E-state index contributed by atoms with van der Waals surface area (Å²) in [6.07, 6.45) is -0.237. The molecular weight excluding hydrogens is 276 g/mol. The van der Waals surface area contributed by atoms with Crippen molar-refractivity contribution in [1.29, 1.82) is 0 Å². The van der Waals surface area contributed by atoms with Crippen molar-refractivity contribution in [2.75, 3.05) is 12.4 Å². The normalized spacial score (nSPS) is 17.2. The highest BCUT2D eigenvalue weighted by Crippen LogP contribution is 2.37. The zero-order chi connectivity index (χ0) is 15.7. The molecule has 0 aromatic heterocycles. The fourth-order valence-electron chi connectivity index (χ4n) is 2.92. The van der Waals surface area contributed by atoms with Gasteiger partial charge >= 0.3 is 0 Å². The molecule has 4 nitrogen and oxygen atoms in total. The van der Waals surface area contributed by atoms with E-state index >= 15 is 0 Å². The van der Waals surface area contributed by atoms with E-state index in [9.17, 15) is 4.79 Å². The Morgan fingerprint density at radius 1 is 1.09 bits per heavy atom. The van der Waals surface area contributed by atoms with Crippen molar-refractivity contribution in [1.82, 2.24) is 4.90 Å². The van der Waals surface area contributed by atoms with Gasteiger partial charge in [-0.2, -0.15) is 0 Å². The molecule has 1 heterocycles. The van der Waals surface area contributed by atoms with Gasteiger partial charge in [0, 0.05) is 17.3 Å². The van der Waals surface area contributed by atoms with Crippen molar-refractivity contribution in [2.24, 2.45) is 0 Å². The topological polar surface area (TPSA) is 41.6 Å². The van der Waals surface area contributed by atoms with Gasteiger partial charge in [0.15, 0.2) is 0 Å². The van der Waals surface area contributed by atoms with Crippen LogP contribution < -0.4 is 10.1 Å². The van der Waals surface area contributed by atoms with Crippen LogP contribution in [0.2, 0.25) is 0 Å². The molecule has 0 saturated heterocycles. The third-order valence-corrected chi connectivity index (χ3v) is 3.95. The number of carbonyl (C=O) groups is 1. The molecule has 1 amide bonds. The predicted octanol–water partition coefficient (Wildman–Crippen LogP) is 3.67. The highest BCUT2D eigenvalue weighted by Gasteiger charge is 2.35. The van der Waals surface area contributed by atoms with E-state index in [1.165, 1.54) is 0 Å². The lowest BCUT2D eigenvalue weighted by atomic mass is 10.0. The molecule has 1 unspecified atom stereocenters. The molecule has 2 aromatic rings. The van der Waals surface area contributed by atoms with Crippen LogP contribution in [0.1, 0.15) is 35.9 Å². The maximum Gasteiger partial charge on any atom is 0.258 e. The molecule has 22 heavy (non-hydrogen) atoms. The zero-order valence-corrected chi connectivity index (χ0v) is 13.0. The van der Waals surface area contributed by atoms with Crippen molar-refractivity contribution < 1.29 is 9.53 Å². The van der Waals surface area contributed by atoms with E-state index in [1.807, 2.05) is 67.3 Å². The lowest BCUT2D eigenvalue weighted by Crippen LogP contribution is -2.46. The van der Waals surface area contributed by atoms with E-state index in [2.05, 4.69) is 5.32 Å². The number of rotatable bonds is 3. The van der Waals surface area contributed by atoms with Crippen LogP contribution in [0.5, 0.6) is 5.75 Å². The first-order valence-corrected chi connectivity index (χ1v) is 7.44. The number of nitrogens with one attached hydrogen (secondary N) is 1. The van der Waals surface area contributed by atoms with Gasteiger partial charge in [-0.1, -0.05) is 30.3 Å². The standard InChI is InChI=1S/C18H20N2O2/c1-12(2)20-17(14-9-5-7-11-16(14)22-3)19-15-10-6-4-8-13(15)18(20)21/h4-12,17,19H,1-3H3. The van der Waals surface area contributed by atoms with Gasteiger partial charge in [0.1, 0.15) is 11.9 Å². The molecule has 0 fully saturated rings. The molecule has 0 aliphatic carbocycles. The molecule has 1 N–H and O–H groups in total. The Bertz CT molecular complexity index is 697. The van der Waals surface area contributed by atoms with Crippen molar-refractivity contribution >= 4 is 11.6 Å². The van der Waals surface area contributed by atoms with Crippen LogP contribution in [0.25, 0.3) is 0 Å². The minimum absolute atomic E-state index is 0.0419. The third kappa shape index (κ3) is 2.30. The van der Waals surface area contributed by atoms with Gasteiger partial charge in [-0.05, 0) is 32.0 Å². The molecule has 0 bridgehead atoms. The largest absolute Gasteiger partial charge is 0.496 e. The average Bonchev–Trinajstić information content (AvgIpc) is 2.54. The highest BCUT2D eigenvalue weighted by molar-refractivity contribution is 6.01. The second kappa shape index (κ2) is 5.72. The smallest absolute Gasteiger partial charge is 0.258 e. The number of para-hydroxylation sites is 2. The molecule has 114 valence electrons. The highest BCUT2D eigenvalue weighted by atomic mass is 16.5. The van der Waals surface area contributed by atoms with Gasteiger partial charge in [-0.15, -0.1) is 0 Å². The number of hydrogen-bond acceptors (Lipinski definition) is 3. The molecule has 0 spiro atoms. The summed E-state index contributed by atoms with van der Waals surface area (Å²) in [6, 6.07) is 15.5. The Balaban J connectivity index is 2.12. The van der Waals surface area contributed by atoms with Crippen LogP contribution >= 0.6 is 0 Å². The Hall–Kier alpha value is -2.49. The number of hydrogen-bond donors (Lipinski definition) is 1. The summed E-state index contributed by atoms with van der Waals surface area (Å²) >= 11 is 0.